The molecule has 0 aliphatic carbocycles. The van der Waals surface area contributed by atoms with E-state index in [0.29, 0.717) is 32.7 Å². The van der Waals surface area contributed by atoms with Gasteiger partial charge in [0.15, 0.2) is 0 Å². The van der Waals surface area contributed by atoms with E-state index in [2.05, 4.69) is 4.90 Å². The Morgan fingerprint density at radius 2 is 1.85 bits per heavy atom. The van der Waals surface area contributed by atoms with Crippen LogP contribution in [0.3, 0.4) is 0 Å². The molecule has 1 aromatic rings. The number of hydrogen-bond acceptors (Lipinski definition) is 5. The van der Waals surface area contributed by atoms with Gasteiger partial charge in [-0.3, -0.25) is 14.6 Å². The fourth-order valence-electron chi connectivity index (χ4n) is 3.06. The van der Waals surface area contributed by atoms with Crippen molar-refractivity contribution in [2.75, 3.05) is 46.9 Å². The number of alkyl halides is 3. The summed E-state index contributed by atoms with van der Waals surface area (Å²) >= 11 is 0. The second kappa shape index (κ2) is 9.27. The Kier molecular flexibility index (Phi) is 7.32. The highest BCUT2D eigenvalue weighted by atomic mass is 19.4. The third-order valence-electron chi connectivity index (χ3n) is 4.68. The van der Waals surface area contributed by atoms with Crippen LogP contribution in [0.1, 0.15) is 12.5 Å². The average molecular weight is 389 g/mol. The van der Waals surface area contributed by atoms with Gasteiger partial charge in [0.1, 0.15) is 18.0 Å². The second-order valence-corrected chi connectivity index (χ2v) is 6.50. The summed E-state index contributed by atoms with van der Waals surface area (Å²) in [4.78, 5) is 16.0. The Hall–Kier alpha value is -2.00. The van der Waals surface area contributed by atoms with Crippen LogP contribution in [0, 0.1) is 0 Å². The van der Waals surface area contributed by atoms with Crippen molar-refractivity contribution in [3.8, 4) is 11.5 Å². The van der Waals surface area contributed by atoms with Gasteiger partial charge in [-0.2, -0.15) is 13.2 Å². The fourth-order valence-corrected chi connectivity index (χ4v) is 3.06. The summed E-state index contributed by atoms with van der Waals surface area (Å²) in [6, 6.07) is 5.03. The summed E-state index contributed by atoms with van der Waals surface area (Å²) in [6.07, 6.45) is -4.40. The topological polar surface area (TPSA) is 54.0 Å². The number of carbonyl (C=O) groups excluding carboxylic acids is 1. The highest BCUT2D eigenvalue weighted by molar-refractivity contribution is 5.81. The van der Waals surface area contributed by atoms with Crippen molar-refractivity contribution in [1.82, 2.24) is 15.1 Å². The number of halogens is 3. The molecule has 1 aromatic carbocycles. The maximum absolute atomic E-state index is 12.2. The van der Waals surface area contributed by atoms with Crippen LogP contribution in [0.15, 0.2) is 18.2 Å². The molecule has 1 aliphatic heterocycles. The van der Waals surface area contributed by atoms with Crippen LogP contribution in [0.5, 0.6) is 11.5 Å². The maximum atomic E-state index is 12.2. The number of carbonyl (C=O) groups is 1. The van der Waals surface area contributed by atoms with Crippen molar-refractivity contribution in [2.45, 2.75) is 25.7 Å². The lowest BCUT2D eigenvalue weighted by Gasteiger charge is -2.37. The minimum absolute atomic E-state index is 0.596. The first-order valence-electron chi connectivity index (χ1n) is 8.75. The third kappa shape index (κ3) is 6.28. The van der Waals surface area contributed by atoms with Gasteiger partial charge in [0.25, 0.3) is 0 Å². The fraction of sp³-hybridized carbons (Fsp3) is 0.611. The molecule has 27 heavy (non-hydrogen) atoms. The standard InChI is InChI=1S/C18H26F3N3O3/c1-13(17(25)22-12-18(19,20)21)24-8-6-23(7-9-24)11-14-10-15(26-2)4-5-16(14)27-3/h4-5,10,13H,6-9,11-12H2,1-3H3,(H,22,25). The van der Waals surface area contributed by atoms with Crippen molar-refractivity contribution < 1.29 is 27.4 Å². The molecule has 1 amide bonds. The highest BCUT2D eigenvalue weighted by Crippen LogP contribution is 2.25. The quantitative estimate of drug-likeness (QED) is 0.772. The van der Waals surface area contributed by atoms with E-state index in [1.54, 1.807) is 21.1 Å². The molecule has 1 aliphatic rings. The van der Waals surface area contributed by atoms with Crippen molar-refractivity contribution in [3.63, 3.8) is 0 Å². The SMILES string of the molecule is COc1ccc(OC)c(CN2CCN(C(C)C(=O)NCC(F)(F)F)CC2)c1. The number of rotatable bonds is 7. The molecule has 9 heteroatoms. The lowest BCUT2D eigenvalue weighted by molar-refractivity contribution is -0.141. The largest absolute Gasteiger partial charge is 0.497 e. The van der Waals surface area contributed by atoms with E-state index < -0.39 is 24.7 Å². The van der Waals surface area contributed by atoms with Gasteiger partial charge in [-0.15, -0.1) is 0 Å². The number of amides is 1. The van der Waals surface area contributed by atoms with Crippen molar-refractivity contribution in [1.29, 1.82) is 0 Å². The number of benzene rings is 1. The van der Waals surface area contributed by atoms with Gasteiger partial charge in [-0.05, 0) is 25.1 Å². The van der Waals surface area contributed by atoms with Gasteiger partial charge < -0.3 is 14.8 Å². The Morgan fingerprint density at radius 3 is 2.41 bits per heavy atom. The number of ether oxygens (including phenoxy) is 2. The summed E-state index contributed by atoms with van der Waals surface area (Å²) in [5, 5.41) is 1.95. The van der Waals surface area contributed by atoms with E-state index in [1.165, 1.54) is 0 Å². The van der Waals surface area contributed by atoms with Crippen molar-refractivity contribution >= 4 is 5.91 Å². The molecule has 1 N–H and O–H groups in total. The molecule has 0 aromatic heterocycles. The molecule has 1 unspecified atom stereocenters. The second-order valence-electron chi connectivity index (χ2n) is 6.50. The van der Waals surface area contributed by atoms with Gasteiger partial charge >= 0.3 is 6.18 Å². The van der Waals surface area contributed by atoms with Crippen LogP contribution in [0.25, 0.3) is 0 Å². The molecule has 2 rings (SSSR count). The van der Waals surface area contributed by atoms with Crippen LogP contribution >= 0.6 is 0 Å². The zero-order chi connectivity index (χ0) is 20.0. The Morgan fingerprint density at radius 1 is 1.19 bits per heavy atom. The Bertz CT molecular complexity index is 632. The van der Waals surface area contributed by atoms with Crippen LogP contribution in [-0.4, -0.2) is 74.9 Å². The van der Waals surface area contributed by atoms with E-state index in [-0.39, 0.29) is 0 Å². The van der Waals surface area contributed by atoms with Gasteiger partial charge in [-0.25, -0.2) is 0 Å². The summed E-state index contributed by atoms with van der Waals surface area (Å²) in [6.45, 7) is 3.62. The number of piperazine rings is 1. The number of methoxy groups -OCH3 is 2. The maximum Gasteiger partial charge on any atom is 0.405 e. The number of hydrogen-bond donors (Lipinski definition) is 1. The zero-order valence-electron chi connectivity index (χ0n) is 15.8. The predicted octanol–water partition coefficient (Wildman–Crippen LogP) is 1.89. The summed E-state index contributed by atoms with van der Waals surface area (Å²) in [5.74, 6) is 0.924. The van der Waals surface area contributed by atoms with E-state index in [4.69, 9.17) is 9.47 Å². The normalized spacial score (nSPS) is 17.4. The van der Waals surface area contributed by atoms with Crippen molar-refractivity contribution in [2.24, 2.45) is 0 Å². The summed E-state index contributed by atoms with van der Waals surface area (Å²) in [5.41, 5.74) is 1.00. The highest BCUT2D eigenvalue weighted by Gasteiger charge is 2.31. The van der Waals surface area contributed by atoms with E-state index in [1.807, 2.05) is 28.4 Å². The molecule has 1 atom stereocenters. The zero-order valence-corrected chi connectivity index (χ0v) is 15.8. The van der Waals surface area contributed by atoms with E-state index in [9.17, 15) is 18.0 Å². The smallest absolute Gasteiger partial charge is 0.405 e. The molecule has 0 saturated carbocycles. The van der Waals surface area contributed by atoms with Gasteiger partial charge in [0, 0.05) is 38.3 Å². The molecular formula is C18H26F3N3O3. The third-order valence-corrected chi connectivity index (χ3v) is 4.68. The summed E-state index contributed by atoms with van der Waals surface area (Å²) < 4.78 is 47.4. The molecule has 1 heterocycles. The lowest BCUT2D eigenvalue weighted by atomic mass is 10.1. The molecule has 152 valence electrons. The molecule has 0 radical (unpaired) electrons. The average Bonchev–Trinajstić information content (AvgIpc) is 2.65. The molecule has 1 saturated heterocycles. The molecule has 1 fully saturated rings. The predicted molar refractivity (Wildman–Crippen MR) is 94.9 cm³/mol. The van der Waals surface area contributed by atoms with Crippen LogP contribution in [-0.2, 0) is 11.3 Å². The Labute approximate surface area is 157 Å². The first kappa shape index (κ1) is 21.3. The molecule has 0 spiro atoms. The number of nitrogens with zero attached hydrogens (tertiary/aromatic N) is 2. The monoisotopic (exact) mass is 389 g/mol. The molecule has 6 nitrogen and oxygen atoms in total. The minimum atomic E-state index is -4.40. The first-order valence-corrected chi connectivity index (χ1v) is 8.75. The van der Waals surface area contributed by atoms with Crippen LogP contribution in [0.2, 0.25) is 0 Å². The van der Waals surface area contributed by atoms with Gasteiger partial charge in [0.05, 0.1) is 20.3 Å². The van der Waals surface area contributed by atoms with Gasteiger partial charge in [0.2, 0.25) is 5.91 Å². The minimum Gasteiger partial charge on any atom is -0.497 e. The van der Waals surface area contributed by atoms with Crippen LogP contribution < -0.4 is 14.8 Å². The Balaban J connectivity index is 1.87. The van der Waals surface area contributed by atoms with Crippen LogP contribution in [0.4, 0.5) is 13.2 Å². The number of nitrogens with one attached hydrogen (secondary N) is 1. The lowest BCUT2D eigenvalue weighted by Crippen LogP contribution is -2.54. The van der Waals surface area contributed by atoms with E-state index in [0.717, 1.165) is 17.1 Å². The summed E-state index contributed by atoms with van der Waals surface area (Å²) in [7, 11) is 3.22. The first-order chi connectivity index (χ1) is 12.7. The van der Waals surface area contributed by atoms with Gasteiger partial charge in [-0.1, -0.05) is 0 Å². The van der Waals surface area contributed by atoms with Crippen molar-refractivity contribution in [3.05, 3.63) is 23.8 Å². The molecular weight excluding hydrogens is 363 g/mol. The molecule has 0 bridgehead atoms. The van der Waals surface area contributed by atoms with E-state index >= 15 is 0 Å².